The minimum absolute atomic E-state index is 0.277. The average Bonchev–Trinajstić information content (AvgIpc) is 3.29. The first-order valence-electron chi connectivity index (χ1n) is 8.68. The average molecular weight is 417 g/mol. The van der Waals surface area contributed by atoms with Crippen molar-refractivity contribution in [2.75, 3.05) is 11.9 Å². The van der Waals surface area contributed by atoms with Gasteiger partial charge in [0.25, 0.3) is 5.91 Å². The molecule has 0 fully saturated rings. The number of benzene rings is 1. The van der Waals surface area contributed by atoms with Crippen molar-refractivity contribution in [3.63, 3.8) is 0 Å². The SMILES string of the molecule is CCOC(=O)c1c(NC(=O)c2cccc(OCc3cscn3)c2)sc(C)c1C. The lowest BCUT2D eigenvalue weighted by atomic mass is 10.1. The number of aromatic nitrogens is 1. The van der Waals surface area contributed by atoms with E-state index in [0.717, 1.165) is 16.1 Å². The Hall–Kier alpha value is -2.71. The topological polar surface area (TPSA) is 77.5 Å². The molecule has 0 unspecified atom stereocenters. The van der Waals surface area contributed by atoms with E-state index in [9.17, 15) is 9.59 Å². The van der Waals surface area contributed by atoms with E-state index in [1.165, 1.54) is 22.7 Å². The molecule has 146 valence electrons. The normalized spacial score (nSPS) is 10.5. The van der Waals surface area contributed by atoms with Crippen molar-refractivity contribution in [2.45, 2.75) is 27.4 Å². The molecule has 0 aliphatic carbocycles. The van der Waals surface area contributed by atoms with Gasteiger partial charge in [0.1, 0.15) is 17.4 Å². The Balaban J connectivity index is 1.75. The molecule has 1 N–H and O–H groups in total. The Morgan fingerprint density at radius 1 is 1.25 bits per heavy atom. The zero-order valence-corrected chi connectivity index (χ0v) is 17.4. The van der Waals surface area contributed by atoms with Gasteiger partial charge >= 0.3 is 5.97 Å². The van der Waals surface area contributed by atoms with Crippen molar-refractivity contribution >= 4 is 39.6 Å². The third-order valence-electron chi connectivity index (χ3n) is 4.06. The van der Waals surface area contributed by atoms with Gasteiger partial charge in [-0.05, 0) is 44.5 Å². The number of rotatable bonds is 7. The van der Waals surface area contributed by atoms with E-state index in [1.807, 2.05) is 19.2 Å². The fourth-order valence-electron chi connectivity index (χ4n) is 2.53. The molecule has 0 atom stereocenters. The lowest BCUT2D eigenvalue weighted by Crippen LogP contribution is -2.15. The third kappa shape index (κ3) is 4.58. The number of ether oxygens (including phenoxy) is 2. The largest absolute Gasteiger partial charge is 0.487 e. The van der Waals surface area contributed by atoms with Gasteiger partial charge in [0.15, 0.2) is 0 Å². The molecule has 0 spiro atoms. The third-order valence-corrected chi connectivity index (χ3v) is 5.82. The molecule has 8 heteroatoms. The minimum atomic E-state index is -0.431. The summed E-state index contributed by atoms with van der Waals surface area (Å²) in [6.45, 7) is 6.12. The highest BCUT2D eigenvalue weighted by Crippen LogP contribution is 2.33. The predicted octanol–water partition coefficient (Wildman–Crippen LogP) is 4.83. The Labute approximate surface area is 171 Å². The summed E-state index contributed by atoms with van der Waals surface area (Å²) in [5.41, 5.74) is 4.25. The number of thiazole rings is 1. The highest BCUT2D eigenvalue weighted by molar-refractivity contribution is 7.16. The summed E-state index contributed by atoms with van der Waals surface area (Å²) in [6, 6.07) is 6.90. The van der Waals surface area contributed by atoms with Crippen LogP contribution in [0.15, 0.2) is 35.2 Å². The molecule has 0 aliphatic rings. The summed E-state index contributed by atoms with van der Waals surface area (Å²) in [5, 5.41) is 5.24. The molecule has 6 nitrogen and oxygen atoms in total. The van der Waals surface area contributed by atoms with E-state index in [0.29, 0.717) is 28.5 Å². The molecule has 1 aromatic carbocycles. The van der Waals surface area contributed by atoms with Crippen LogP contribution in [0.1, 0.15) is 43.8 Å². The van der Waals surface area contributed by atoms with Crippen molar-refractivity contribution in [1.29, 1.82) is 0 Å². The van der Waals surface area contributed by atoms with Crippen LogP contribution < -0.4 is 10.1 Å². The van der Waals surface area contributed by atoms with Crippen molar-refractivity contribution in [3.8, 4) is 5.75 Å². The van der Waals surface area contributed by atoms with Gasteiger partial charge in [-0.2, -0.15) is 0 Å². The van der Waals surface area contributed by atoms with Gasteiger partial charge in [0.2, 0.25) is 0 Å². The number of thiophene rings is 1. The summed E-state index contributed by atoms with van der Waals surface area (Å²) >= 11 is 2.86. The van der Waals surface area contributed by atoms with Crippen LogP contribution in [0.3, 0.4) is 0 Å². The van der Waals surface area contributed by atoms with Crippen molar-refractivity contribution in [2.24, 2.45) is 0 Å². The summed E-state index contributed by atoms with van der Waals surface area (Å²) < 4.78 is 10.8. The highest BCUT2D eigenvalue weighted by Gasteiger charge is 2.22. The first-order chi connectivity index (χ1) is 13.5. The molecular formula is C20H20N2O4S2. The van der Waals surface area contributed by atoms with Crippen molar-refractivity contribution in [3.05, 3.63) is 62.4 Å². The standard InChI is InChI=1S/C20H20N2O4S2/c1-4-25-20(24)17-12(2)13(3)28-19(17)22-18(23)14-6-5-7-16(8-14)26-9-15-10-27-11-21-15/h5-8,10-11H,4,9H2,1-3H3,(H,22,23). The Kier molecular flexibility index (Phi) is 6.43. The molecule has 2 aromatic heterocycles. The van der Waals surface area contributed by atoms with Crippen LogP contribution in [-0.4, -0.2) is 23.5 Å². The first-order valence-corrected chi connectivity index (χ1v) is 10.4. The molecule has 28 heavy (non-hydrogen) atoms. The lowest BCUT2D eigenvalue weighted by molar-refractivity contribution is 0.0527. The summed E-state index contributed by atoms with van der Waals surface area (Å²) in [4.78, 5) is 30.1. The van der Waals surface area contributed by atoms with Crippen LogP contribution in [0.25, 0.3) is 0 Å². The number of nitrogens with zero attached hydrogens (tertiary/aromatic N) is 1. The fourth-order valence-corrected chi connectivity index (χ4v) is 4.12. The molecule has 0 aliphatic heterocycles. The second kappa shape index (κ2) is 8.99. The van der Waals surface area contributed by atoms with Crippen LogP contribution in [0.2, 0.25) is 0 Å². The molecule has 0 saturated carbocycles. The van der Waals surface area contributed by atoms with Crippen molar-refractivity contribution in [1.82, 2.24) is 4.98 Å². The number of aryl methyl sites for hydroxylation is 1. The molecule has 0 bridgehead atoms. The van der Waals surface area contributed by atoms with Gasteiger partial charge < -0.3 is 14.8 Å². The van der Waals surface area contributed by atoms with Gasteiger partial charge in [0.05, 0.1) is 23.4 Å². The van der Waals surface area contributed by atoms with Crippen LogP contribution in [0.4, 0.5) is 5.00 Å². The van der Waals surface area contributed by atoms with Gasteiger partial charge in [-0.15, -0.1) is 22.7 Å². The molecule has 1 amide bonds. The van der Waals surface area contributed by atoms with E-state index in [1.54, 1.807) is 36.7 Å². The summed E-state index contributed by atoms with van der Waals surface area (Å²) in [6.07, 6.45) is 0. The lowest BCUT2D eigenvalue weighted by Gasteiger charge is -2.09. The second-order valence-corrected chi connectivity index (χ2v) is 7.90. The highest BCUT2D eigenvalue weighted by atomic mass is 32.1. The van der Waals surface area contributed by atoms with Crippen LogP contribution >= 0.6 is 22.7 Å². The monoisotopic (exact) mass is 416 g/mol. The number of nitrogens with one attached hydrogen (secondary N) is 1. The molecular weight excluding hydrogens is 396 g/mol. The number of carbonyl (C=O) groups excluding carboxylic acids is 2. The van der Waals surface area contributed by atoms with E-state index in [2.05, 4.69) is 10.3 Å². The molecule has 0 saturated heterocycles. The molecule has 3 rings (SSSR count). The minimum Gasteiger partial charge on any atom is -0.487 e. The van der Waals surface area contributed by atoms with E-state index >= 15 is 0 Å². The zero-order chi connectivity index (χ0) is 20.1. The molecule has 2 heterocycles. The number of hydrogen-bond acceptors (Lipinski definition) is 7. The van der Waals surface area contributed by atoms with Crippen LogP contribution in [0, 0.1) is 13.8 Å². The second-order valence-electron chi connectivity index (χ2n) is 5.96. The number of amides is 1. The smallest absolute Gasteiger partial charge is 0.341 e. The number of carbonyl (C=O) groups is 2. The Morgan fingerprint density at radius 2 is 2.07 bits per heavy atom. The van der Waals surface area contributed by atoms with E-state index < -0.39 is 5.97 Å². The van der Waals surface area contributed by atoms with Gasteiger partial charge in [0, 0.05) is 15.8 Å². The summed E-state index contributed by atoms with van der Waals surface area (Å²) in [7, 11) is 0. The predicted molar refractivity (Wildman–Crippen MR) is 111 cm³/mol. The van der Waals surface area contributed by atoms with Crippen LogP contribution in [-0.2, 0) is 11.3 Å². The van der Waals surface area contributed by atoms with Crippen LogP contribution in [0.5, 0.6) is 5.75 Å². The van der Waals surface area contributed by atoms with Gasteiger partial charge in [-0.3, -0.25) is 4.79 Å². The maximum atomic E-state index is 12.7. The fraction of sp³-hybridized carbons (Fsp3) is 0.250. The zero-order valence-electron chi connectivity index (χ0n) is 15.8. The summed E-state index contributed by atoms with van der Waals surface area (Å²) in [5.74, 6) is -0.171. The molecule has 3 aromatic rings. The number of esters is 1. The maximum absolute atomic E-state index is 12.7. The maximum Gasteiger partial charge on any atom is 0.341 e. The van der Waals surface area contributed by atoms with E-state index in [4.69, 9.17) is 9.47 Å². The number of anilines is 1. The van der Waals surface area contributed by atoms with Gasteiger partial charge in [-0.25, -0.2) is 9.78 Å². The Bertz CT molecular complexity index is 980. The van der Waals surface area contributed by atoms with Gasteiger partial charge in [-0.1, -0.05) is 6.07 Å². The quantitative estimate of drug-likeness (QED) is 0.558. The molecule has 0 radical (unpaired) electrons. The number of hydrogen-bond donors (Lipinski definition) is 1. The van der Waals surface area contributed by atoms with E-state index in [-0.39, 0.29) is 12.5 Å². The van der Waals surface area contributed by atoms with Crippen molar-refractivity contribution < 1.29 is 19.1 Å². The Morgan fingerprint density at radius 3 is 2.79 bits per heavy atom. The first kappa shape index (κ1) is 20.0.